The van der Waals surface area contributed by atoms with E-state index in [9.17, 15) is 0 Å². The van der Waals surface area contributed by atoms with Gasteiger partial charge in [-0.3, -0.25) is 4.90 Å². The van der Waals surface area contributed by atoms with E-state index in [1.807, 2.05) is 30.3 Å². The second-order valence-electron chi connectivity index (χ2n) is 6.40. The number of hydrogen-bond donors (Lipinski definition) is 1. The Hall–Kier alpha value is -1.06. The molecule has 2 rings (SSSR count). The molecule has 0 radical (unpaired) electrons. The van der Waals surface area contributed by atoms with Gasteiger partial charge < -0.3 is 10.1 Å². The molecule has 1 fully saturated rings. The quantitative estimate of drug-likeness (QED) is 0.707. The Bertz CT molecular complexity index is 380. The van der Waals surface area contributed by atoms with Crippen LogP contribution in [0.5, 0.6) is 5.75 Å². The van der Waals surface area contributed by atoms with Crippen LogP contribution in [0.15, 0.2) is 30.3 Å². The number of rotatable bonds is 9. The summed E-state index contributed by atoms with van der Waals surface area (Å²) in [6.07, 6.45) is 3.79. The summed E-state index contributed by atoms with van der Waals surface area (Å²) in [5.41, 5.74) is 0. The molecule has 1 N–H and O–H groups in total. The number of para-hydroxylation sites is 1. The molecule has 0 spiro atoms. The Morgan fingerprint density at radius 2 is 2.10 bits per heavy atom. The molecular weight excluding hydrogens is 260 g/mol. The Balaban J connectivity index is 1.60. The van der Waals surface area contributed by atoms with Gasteiger partial charge in [-0.25, -0.2) is 0 Å². The van der Waals surface area contributed by atoms with Crippen molar-refractivity contribution >= 4 is 0 Å². The van der Waals surface area contributed by atoms with Gasteiger partial charge in [-0.15, -0.1) is 0 Å². The maximum Gasteiger partial charge on any atom is 0.119 e. The van der Waals surface area contributed by atoms with E-state index in [1.54, 1.807) is 0 Å². The van der Waals surface area contributed by atoms with Gasteiger partial charge in [0.05, 0.1) is 6.61 Å². The number of hydrogen-bond acceptors (Lipinski definition) is 3. The summed E-state index contributed by atoms with van der Waals surface area (Å²) in [4.78, 5) is 2.63. The summed E-state index contributed by atoms with van der Waals surface area (Å²) in [7, 11) is 0. The van der Waals surface area contributed by atoms with Crippen LogP contribution in [0.4, 0.5) is 0 Å². The lowest BCUT2D eigenvalue weighted by Gasteiger charge is -2.25. The summed E-state index contributed by atoms with van der Waals surface area (Å²) in [6.45, 7) is 10.0. The van der Waals surface area contributed by atoms with Crippen LogP contribution in [0, 0.1) is 5.92 Å². The zero-order valence-electron chi connectivity index (χ0n) is 13.6. The van der Waals surface area contributed by atoms with E-state index in [2.05, 4.69) is 24.1 Å². The highest BCUT2D eigenvalue weighted by molar-refractivity contribution is 5.20. The second kappa shape index (κ2) is 9.06. The van der Waals surface area contributed by atoms with Crippen molar-refractivity contribution in [2.24, 2.45) is 5.92 Å². The zero-order chi connectivity index (χ0) is 14.9. The van der Waals surface area contributed by atoms with E-state index in [0.717, 1.165) is 50.4 Å². The smallest absolute Gasteiger partial charge is 0.119 e. The fourth-order valence-corrected chi connectivity index (χ4v) is 2.93. The summed E-state index contributed by atoms with van der Waals surface area (Å²) in [5, 5.41) is 3.60. The van der Waals surface area contributed by atoms with Crippen molar-refractivity contribution in [2.75, 3.05) is 32.8 Å². The highest BCUT2D eigenvalue weighted by atomic mass is 16.5. The van der Waals surface area contributed by atoms with Gasteiger partial charge in [-0.05, 0) is 50.4 Å². The second-order valence-corrected chi connectivity index (χ2v) is 6.40. The van der Waals surface area contributed by atoms with E-state index in [-0.39, 0.29) is 0 Å². The van der Waals surface area contributed by atoms with Crippen molar-refractivity contribution in [1.82, 2.24) is 10.2 Å². The average Bonchev–Trinajstić information content (AvgIpc) is 2.92. The first-order chi connectivity index (χ1) is 10.3. The topological polar surface area (TPSA) is 24.5 Å². The summed E-state index contributed by atoms with van der Waals surface area (Å²) >= 11 is 0. The van der Waals surface area contributed by atoms with Gasteiger partial charge in [0.15, 0.2) is 0 Å². The molecule has 3 nitrogen and oxygen atoms in total. The third kappa shape index (κ3) is 6.06. The van der Waals surface area contributed by atoms with Crippen molar-refractivity contribution in [1.29, 1.82) is 0 Å². The van der Waals surface area contributed by atoms with E-state index in [0.29, 0.717) is 0 Å². The summed E-state index contributed by atoms with van der Waals surface area (Å²) < 4.78 is 5.77. The minimum absolute atomic E-state index is 0.723. The molecule has 1 heterocycles. The maximum absolute atomic E-state index is 5.77. The molecule has 1 aliphatic heterocycles. The van der Waals surface area contributed by atoms with Crippen molar-refractivity contribution in [3.63, 3.8) is 0 Å². The molecule has 0 amide bonds. The molecule has 1 aromatic rings. The Morgan fingerprint density at radius 3 is 2.86 bits per heavy atom. The van der Waals surface area contributed by atoms with Crippen LogP contribution in [0.25, 0.3) is 0 Å². The van der Waals surface area contributed by atoms with Crippen molar-refractivity contribution in [3.8, 4) is 5.75 Å². The molecule has 1 atom stereocenters. The SMILES string of the molecule is CC(C)CNCC1CCCN1CCCOc1ccccc1. The lowest BCUT2D eigenvalue weighted by atomic mass is 10.2. The largest absolute Gasteiger partial charge is 0.494 e. The monoisotopic (exact) mass is 290 g/mol. The molecule has 0 bridgehead atoms. The molecule has 1 aromatic carbocycles. The predicted molar refractivity (Wildman–Crippen MR) is 88.9 cm³/mol. The van der Waals surface area contributed by atoms with Crippen molar-refractivity contribution in [3.05, 3.63) is 30.3 Å². The highest BCUT2D eigenvalue weighted by Crippen LogP contribution is 2.17. The minimum atomic E-state index is 0.723. The van der Waals surface area contributed by atoms with Crippen LogP contribution in [-0.2, 0) is 0 Å². The maximum atomic E-state index is 5.77. The van der Waals surface area contributed by atoms with E-state index < -0.39 is 0 Å². The first kappa shape index (κ1) is 16.3. The normalized spacial score (nSPS) is 19.3. The van der Waals surface area contributed by atoms with Crippen molar-refractivity contribution < 1.29 is 4.74 Å². The van der Waals surface area contributed by atoms with Gasteiger partial charge in [0.2, 0.25) is 0 Å². The number of benzene rings is 1. The number of nitrogens with zero attached hydrogens (tertiary/aromatic N) is 1. The fraction of sp³-hybridized carbons (Fsp3) is 0.667. The molecule has 1 aliphatic rings. The number of likely N-dealkylation sites (tertiary alicyclic amines) is 1. The highest BCUT2D eigenvalue weighted by Gasteiger charge is 2.23. The molecule has 0 aromatic heterocycles. The van der Waals surface area contributed by atoms with Gasteiger partial charge in [0, 0.05) is 19.1 Å². The van der Waals surface area contributed by atoms with Gasteiger partial charge in [0.25, 0.3) is 0 Å². The standard InChI is InChI=1S/C18H30N2O/c1-16(2)14-19-15-17-8-6-11-20(17)12-7-13-21-18-9-4-3-5-10-18/h3-5,9-10,16-17,19H,6-8,11-15H2,1-2H3. The van der Waals surface area contributed by atoms with E-state index in [4.69, 9.17) is 4.74 Å². The minimum Gasteiger partial charge on any atom is -0.494 e. The van der Waals surface area contributed by atoms with E-state index in [1.165, 1.54) is 19.4 Å². The first-order valence-electron chi connectivity index (χ1n) is 8.38. The van der Waals surface area contributed by atoms with Crippen LogP contribution in [0.1, 0.15) is 33.1 Å². The first-order valence-corrected chi connectivity index (χ1v) is 8.38. The van der Waals surface area contributed by atoms with Crippen LogP contribution in [0.3, 0.4) is 0 Å². The third-order valence-electron chi connectivity index (χ3n) is 4.03. The molecule has 1 saturated heterocycles. The molecular formula is C18H30N2O. The van der Waals surface area contributed by atoms with Gasteiger partial charge in [0.1, 0.15) is 5.75 Å². The third-order valence-corrected chi connectivity index (χ3v) is 4.03. The molecule has 3 heteroatoms. The summed E-state index contributed by atoms with van der Waals surface area (Å²) in [5.74, 6) is 1.72. The fourth-order valence-electron chi connectivity index (χ4n) is 2.93. The number of nitrogens with one attached hydrogen (secondary N) is 1. The predicted octanol–water partition coefficient (Wildman–Crippen LogP) is 3.17. The van der Waals surface area contributed by atoms with Crippen LogP contribution >= 0.6 is 0 Å². The molecule has 118 valence electrons. The molecule has 21 heavy (non-hydrogen) atoms. The Labute approximate surface area is 129 Å². The van der Waals surface area contributed by atoms with Gasteiger partial charge in [-0.2, -0.15) is 0 Å². The lowest BCUT2D eigenvalue weighted by Crippen LogP contribution is -2.39. The van der Waals surface area contributed by atoms with Crippen molar-refractivity contribution in [2.45, 2.75) is 39.2 Å². The van der Waals surface area contributed by atoms with Crippen LogP contribution < -0.4 is 10.1 Å². The van der Waals surface area contributed by atoms with Crippen LogP contribution in [0.2, 0.25) is 0 Å². The molecule has 1 unspecified atom stereocenters. The number of ether oxygens (including phenoxy) is 1. The summed E-state index contributed by atoms with van der Waals surface area (Å²) in [6, 6.07) is 10.8. The molecule has 0 aliphatic carbocycles. The molecule has 0 saturated carbocycles. The van der Waals surface area contributed by atoms with E-state index >= 15 is 0 Å². The zero-order valence-corrected chi connectivity index (χ0v) is 13.6. The van der Waals surface area contributed by atoms with Crippen LogP contribution in [-0.4, -0.2) is 43.7 Å². The van der Waals surface area contributed by atoms with Gasteiger partial charge in [-0.1, -0.05) is 32.0 Å². The van der Waals surface area contributed by atoms with Gasteiger partial charge >= 0.3 is 0 Å². The Kier molecular flexibility index (Phi) is 7.04. The average molecular weight is 290 g/mol. The Morgan fingerprint density at radius 1 is 1.29 bits per heavy atom. The lowest BCUT2D eigenvalue weighted by molar-refractivity contribution is 0.216.